The molecular formula is C15H19ClN2O. The lowest BCUT2D eigenvalue weighted by Crippen LogP contribution is -2.46. The minimum absolute atomic E-state index is 0.0790. The second-order valence-electron chi connectivity index (χ2n) is 5.63. The predicted octanol–water partition coefficient (Wildman–Crippen LogP) is 2.47. The summed E-state index contributed by atoms with van der Waals surface area (Å²) in [6, 6.07) is 6.26. The molecule has 0 bridgehead atoms. The lowest BCUT2D eigenvalue weighted by atomic mass is 9.93. The van der Waals surface area contributed by atoms with Crippen molar-refractivity contribution in [3.05, 3.63) is 34.3 Å². The fourth-order valence-corrected chi connectivity index (χ4v) is 3.51. The summed E-state index contributed by atoms with van der Waals surface area (Å²) in [6.07, 6.45) is 2.23. The minimum Gasteiger partial charge on any atom is -0.338 e. The maximum atomic E-state index is 12.5. The fraction of sp³-hybridized carbons (Fsp3) is 0.533. The van der Waals surface area contributed by atoms with Gasteiger partial charge in [-0.15, -0.1) is 0 Å². The molecule has 1 N–H and O–H groups in total. The Hall–Kier alpha value is -1.06. The van der Waals surface area contributed by atoms with Crippen LogP contribution in [0.3, 0.4) is 0 Å². The monoisotopic (exact) mass is 278 g/mol. The predicted molar refractivity (Wildman–Crippen MR) is 76.6 cm³/mol. The molecule has 0 aliphatic carbocycles. The number of benzene rings is 1. The number of nitrogens with one attached hydrogen (secondary N) is 1. The number of hydrogen-bond acceptors (Lipinski definition) is 2. The van der Waals surface area contributed by atoms with Gasteiger partial charge in [-0.25, -0.2) is 0 Å². The van der Waals surface area contributed by atoms with Crippen LogP contribution in [0, 0.1) is 12.8 Å². The third-order valence-corrected chi connectivity index (χ3v) is 4.61. The molecule has 2 heterocycles. The molecule has 2 fully saturated rings. The Bertz CT molecular complexity index is 503. The first-order valence-corrected chi connectivity index (χ1v) is 7.32. The zero-order valence-corrected chi connectivity index (χ0v) is 11.9. The van der Waals surface area contributed by atoms with Gasteiger partial charge in [0.05, 0.1) is 10.6 Å². The molecule has 2 saturated heterocycles. The van der Waals surface area contributed by atoms with Gasteiger partial charge in [0, 0.05) is 19.1 Å². The van der Waals surface area contributed by atoms with Crippen LogP contribution in [0.25, 0.3) is 0 Å². The molecule has 0 aromatic heterocycles. The molecule has 1 aromatic carbocycles. The number of halogens is 1. The molecule has 0 radical (unpaired) electrons. The highest BCUT2D eigenvalue weighted by Gasteiger charge is 2.34. The van der Waals surface area contributed by atoms with Gasteiger partial charge in [0.15, 0.2) is 0 Å². The number of fused-ring (bicyclic) bond motifs is 1. The standard InChI is InChI=1S/C15H19ClN2O/c1-10-2-3-12(13(16)8-10)15(19)18-7-5-14-11(9-18)4-6-17-14/h2-3,8,11,14,17H,4-7,9H2,1H3. The summed E-state index contributed by atoms with van der Waals surface area (Å²) in [6.45, 7) is 4.76. The highest BCUT2D eigenvalue weighted by molar-refractivity contribution is 6.33. The summed E-state index contributed by atoms with van der Waals surface area (Å²) in [4.78, 5) is 14.5. The number of amides is 1. The number of carbonyl (C=O) groups is 1. The van der Waals surface area contributed by atoms with Crippen molar-refractivity contribution < 1.29 is 4.79 Å². The number of carbonyl (C=O) groups excluding carboxylic acids is 1. The van der Waals surface area contributed by atoms with Crippen molar-refractivity contribution in [3.8, 4) is 0 Å². The summed E-state index contributed by atoms with van der Waals surface area (Å²) < 4.78 is 0. The van der Waals surface area contributed by atoms with Crippen LogP contribution in [0.2, 0.25) is 5.02 Å². The summed E-state index contributed by atoms with van der Waals surface area (Å²) in [7, 11) is 0. The molecule has 2 atom stereocenters. The average molecular weight is 279 g/mol. The van der Waals surface area contributed by atoms with Crippen LogP contribution >= 0.6 is 11.6 Å². The molecule has 2 aliphatic heterocycles. The molecule has 3 rings (SSSR count). The lowest BCUT2D eigenvalue weighted by molar-refractivity contribution is 0.0662. The Labute approximate surface area is 118 Å². The normalized spacial score (nSPS) is 26.3. The van der Waals surface area contributed by atoms with Crippen LogP contribution in [0.4, 0.5) is 0 Å². The van der Waals surface area contributed by atoms with Crippen molar-refractivity contribution in [3.63, 3.8) is 0 Å². The second kappa shape index (κ2) is 5.14. The number of rotatable bonds is 1. The van der Waals surface area contributed by atoms with Gasteiger partial charge in [-0.1, -0.05) is 17.7 Å². The van der Waals surface area contributed by atoms with E-state index in [2.05, 4.69) is 5.32 Å². The molecule has 3 nitrogen and oxygen atoms in total. The van der Waals surface area contributed by atoms with Gasteiger partial charge in [0.1, 0.15) is 0 Å². The van der Waals surface area contributed by atoms with Gasteiger partial charge < -0.3 is 10.2 Å². The van der Waals surface area contributed by atoms with E-state index < -0.39 is 0 Å². The first kappa shape index (κ1) is 12.9. The van der Waals surface area contributed by atoms with Crippen molar-refractivity contribution in [2.75, 3.05) is 19.6 Å². The summed E-state index contributed by atoms with van der Waals surface area (Å²) in [5.74, 6) is 0.692. The molecule has 102 valence electrons. The number of hydrogen-bond donors (Lipinski definition) is 1. The van der Waals surface area contributed by atoms with Crippen LogP contribution in [0.1, 0.15) is 28.8 Å². The Morgan fingerprint density at radius 1 is 1.42 bits per heavy atom. The van der Waals surface area contributed by atoms with E-state index >= 15 is 0 Å². The molecule has 0 saturated carbocycles. The molecule has 2 aliphatic rings. The van der Waals surface area contributed by atoms with Crippen LogP contribution < -0.4 is 5.32 Å². The number of piperidine rings is 1. The van der Waals surface area contributed by atoms with Crippen LogP contribution in [-0.4, -0.2) is 36.5 Å². The van der Waals surface area contributed by atoms with Crippen molar-refractivity contribution in [1.82, 2.24) is 10.2 Å². The Balaban J connectivity index is 1.76. The average Bonchev–Trinajstić information content (AvgIpc) is 2.85. The SMILES string of the molecule is Cc1ccc(C(=O)N2CCC3NCCC3C2)c(Cl)c1. The highest BCUT2D eigenvalue weighted by atomic mass is 35.5. The van der Waals surface area contributed by atoms with Crippen LogP contribution in [0.15, 0.2) is 18.2 Å². The summed E-state index contributed by atoms with van der Waals surface area (Å²) in [5, 5.41) is 4.08. The molecule has 2 unspecified atom stereocenters. The Morgan fingerprint density at radius 2 is 2.26 bits per heavy atom. The van der Waals surface area contributed by atoms with E-state index in [1.165, 1.54) is 6.42 Å². The molecular weight excluding hydrogens is 260 g/mol. The van der Waals surface area contributed by atoms with E-state index in [1.54, 1.807) is 0 Å². The van der Waals surface area contributed by atoms with E-state index in [0.29, 0.717) is 22.5 Å². The fourth-order valence-electron chi connectivity index (χ4n) is 3.20. The van der Waals surface area contributed by atoms with Crippen molar-refractivity contribution in [2.45, 2.75) is 25.8 Å². The molecule has 4 heteroatoms. The van der Waals surface area contributed by atoms with E-state index in [1.807, 2.05) is 30.0 Å². The summed E-state index contributed by atoms with van der Waals surface area (Å²) in [5.41, 5.74) is 1.72. The third kappa shape index (κ3) is 2.49. The first-order chi connectivity index (χ1) is 9.15. The van der Waals surface area contributed by atoms with Gasteiger partial charge >= 0.3 is 0 Å². The smallest absolute Gasteiger partial charge is 0.255 e. The van der Waals surface area contributed by atoms with Gasteiger partial charge in [0.2, 0.25) is 0 Å². The summed E-state index contributed by atoms with van der Waals surface area (Å²) >= 11 is 6.20. The Morgan fingerprint density at radius 3 is 3.05 bits per heavy atom. The van der Waals surface area contributed by atoms with Crippen molar-refractivity contribution >= 4 is 17.5 Å². The molecule has 0 spiro atoms. The zero-order valence-electron chi connectivity index (χ0n) is 11.2. The van der Waals surface area contributed by atoms with E-state index in [-0.39, 0.29) is 5.91 Å². The first-order valence-electron chi connectivity index (χ1n) is 6.94. The maximum absolute atomic E-state index is 12.5. The van der Waals surface area contributed by atoms with Crippen molar-refractivity contribution in [2.24, 2.45) is 5.92 Å². The number of likely N-dealkylation sites (tertiary alicyclic amines) is 1. The highest BCUT2D eigenvalue weighted by Crippen LogP contribution is 2.27. The van der Waals surface area contributed by atoms with Crippen molar-refractivity contribution in [1.29, 1.82) is 0 Å². The van der Waals surface area contributed by atoms with Gasteiger partial charge in [-0.2, -0.15) is 0 Å². The quantitative estimate of drug-likeness (QED) is 0.856. The van der Waals surface area contributed by atoms with Gasteiger partial charge in [-0.3, -0.25) is 4.79 Å². The second-order valence-corrected chi connectivity index (χ2v) is 6.04. The van der Waals surface area contributed by atoms with Crippen LogP contribution in [-0.2, 0) is 0 Å². The Kier molecular flexibility index (Phi) is 3.50. The molecule has 1 aromatic rings. The molecule has 19 heavy (non-hydrogen) atoms. The minimum atomic E-state index is 0.0790. The van der Waals surface area contributed by atoms with E-state index in [0.717, 1.165) is 31.6 Å². The zero-order chi connectivity index (χ0) is 13.4. The van der Waals surface area contributed by atoms with Gasteiger partial charge in [0.25, 0.3) is 5.91 Å². The van der Waals surface area contributed by atoms with E-state index in [9.17, 15) is 4.79 Å². The van der Waals surface area contributed by atoms with Gasteiger partial charge in [-0.05, 0) is 49.9 Å². The topological polar surface area (TPSA) is 32.3 Å². The van der Waals surface area contributed by atoms with Crippen LogP contribution in [0.5, 0.6) is 0 Å². The third-order valence-electron chi connectivity index (χ3n) is 4.30. The lowest BCUT2D eigenvalue weighted by Gasteiger charge is -2.35. The number of aryl methyl sites for hydroxylation is 1. The largest absolute Gasteiger partial charge is 0.338 e. The van der Waals surface area contributed by atoms with E-state index in [4.69, 9.17) is 11.6 Å². The molecule has 1 amide bonds. The maximum Gasteiger partial charge on any atom is 0.255 e. The number of nitrogens with zero attached hydrogens (tertiary/aromatic N) is 1.